The van der Waals surface area contributed by atoms with Crippen molar-refractivity contribution < 1.29 is 9.59 Å². The third-order valence-corrected chi connectivity index (χ3v) is 5.67. The fourth-order valence-electron chi connectivity index (χ4n) is 3.03. The third-order valence-electron chi connectivity index (χ3n) is 4.41. The van der Waals surface area contributed by atoms with E-state index in [2.05, 4.69) is 10.3 Å². The molecule has 0 saturated heterocycles. The topological polar surface area (TPSA) is 59.1 Å². The van der Waals surface area contributed by atoms with Crippen molar-refractivity contribution in [2.24, 2.45) is 0 Å². The van der Waals surface area contributed by atoms with E-state index in [4.69, 9.17) is 0 Å². The zero-order chi connectivity index (χ0) is 19.6. The van der Waals surface area contributed by atoms with Crippen molar-refractivity contribution in [1.29, 1.82) is 0 Å². The molecule has 138 valence electrons. The van der Waals surface area contributed by atoms with Gasteiger partial charge in [0.05, 0.1) is 22.3 Å². The molecule has 0 aliphatic rings. The maximum atomic E-state index is 12.9. The number of carbonyl (C=O) groups excluding carboxylic acids is 2. The fraction of sp³-hybridized carbons (Fsp3) is 0.227. The molecule has 0 saturated carbocycles. The molecule has 0 bridgehead atoms. The second kappa shape index (κ2) is 7.84. The molecular formula is C22H22N2O2S. The molecule has 27 heavy (non-hydrogen) atoms. The predicted octanol–water partition coefficient (Wildman–Crippen LogP) is 4.79. The zero-order valence-electron chi connectivity index (χ0n) is 15.9. The van der Waals surface area contributed by atoms with Crippen molar-refractivity contribution in [2.45, 2.75) is 33.7 Å². The lowest BCUT2D eigenvalue weighted by Gasteiger charge is -2.15. The van der Waals surface area contributed by atoms with Gasteiger partial charge in [0.2, 0.25) is 0 Å². The number of amides is 1. The Labute approximate surface area is 163 Å². The van der Waals surface area contributed by atoms with Gasteiger partial charge < -0.3 is 5.32 Å². The molecule has 2 aromatic carbocycles. The quantitative estimate of drug-likeness (QED) is 0.649. The summed E-state index contributed by atoms with van der Waals surface area (Å²) in [6.45, 7) is 7.80. The van der Waals surface area contributed by atoms with Crippen molar-refractivity contribution in [3.05, 3.63) is 86.4 Å². The third kappa shape index (κ3) is 4.14. The Morgan fingerprint density at radius 1 is 0.963 bits per heavy atom. The van der Waals surface area contributed by atoms with Gasteiger partial charge in [-0.3, -0.25) is 9.59 Å². The number of rotatable bonds is 5. The molecule has 1 heterocycles. The summed E-state index contributed by atoms with van der Waals surface area (Å²) < 4.78 is 0. The van der Waals surface area contributed by atoms with Gasteiger partial charge in [0.25, 0.3) is 5.91 Å². The van der Waals surface area contributed by atoms with E-state index in [1.807, 2.05) is 39.8 Å². The van der Waals surface area contributed by atoms with Crippen LogP contribution in [0.3, 0.4) is 0 Å². The zero-order valence-corrected chi connectivity index (χ0v) is 16.7. The van der Waals surface area contributed by atoms with Gasteiger partial charge in [0.15, 0.2) is 5.78 Å². The number of carbonyl (C=O) groups is 2. The minimum absolute atomic E-state index is 0.154. The molecule has 1 aromatic heterocycles. The van der Waals surface area contributed by atoms with E-state index in [0.29, 0.717) is 16.7 Å². The average molecular weight is 378 g/mol. The largest absolute Gasteiger partial charge is 0.345 e. The smallest absolute Gasteiger partial charge is 0.252 e. The molecule has 1 N–H and O–H groups in total. The number of thiazole rings is 1. The lowest BCUT2D eigenvalue weighted by Crippen LogP contribution is -2.28. The lowest BCUT2D eigenvalue weighted by atomic mass is 9.97. The molecule has 0 aliphatic carbocycles. The Hall–Kier alpha value is -2.79. The van der Waals surface area contributed by atoms with Crippen LogP contribution < -0.4 is 5.32 Å². The van der Waals surface area contributed by atoms with Gasteiger partial charge in [-0.25, -0.2) is 4.98 Å². The summed E-state index contributed by atoms with van der Waals surface area (Å²) in [7, 11) is 0. The van der Waals surface area contributed by atoms with Gasteiger partial charge in [-0.05, 0) is 33.8 Å². The summed E-state index contributed by atoms with van der Waals surface area (Å²) in [4.78, 5) is 31.2. The number of benzene rings is 2. The highest BCUT2D eigenvalue weighted by Crippen LogP contribution is 2.25. The van der Waals surface area contributed by atoms with Crippen LogP contribution in [-0.4, -0.2) is 16.7 Å². The Kier molecular flexibility index (Phi) is 5.51. The number of nitrogens with zero attached hydrogens (tertiary/aromatic N) is 1. The van der Waals surface area contributed by atoms with E-state index in [-0.39, 0.29) is 17.7 Å². The number of aromatic nitrogens is 1. The molecular weight excluding hydrogens is 356 g/mol. The Balaban J connectivity index is 1.86. The fourth-order valence-corrected chi connectivity index (χ4v) is 3.96. The predicted molar refractivity (Wildman–Crippen MR) is 109 cm³/mol. The molecule has 0 spiro atoms. The number of nitrogens with one attached hydrogen (secondary N) is 1. The van der Waals surface area contributed by atoms with E-state index in [1.54, 1.807) is 47.7 Å². The van der Waals surface area contributed by atoms with E-state index in [0.717, 1.165) is 21.1 Å². The molecule has 0 aliphatic heterocycles. The van der Waals surface area contributed by atoms with Crippen LogP contribution in [0, 0.1) is 20.8 Å². The van der Waals surface area contributed by atoms with Crippen LogP contribution in [0.4, 0.5) is 0 Å². The highest BCUT2D eigenvalue weighted by molar-refractivity contribution is 7.11. The van der Waals surface area contributed by atoms with Gasteiger partial charge in [0.1, 0.15) is 0 Å². The lowest BCUT2D eigenvalue weighted by molar-refractivity contribution is 0.0930. The summed E-state index contributed by atoms with van der Waals surface area (Å²) in [6.07, 6.45) is 0. The van der Waals surface area contributed by atoms with E-state index >= 15 is 0 Å². The average Bonchev–Trinajstić information content (AvgIpc) is 3.00. The molecule has 0 fully saturated rings. The number of hydrogen-bond acceptors (Lipinski definition) is 4. The first-order valence-corrected chi connectivity index (χ1v) is 9.63. The molecule has 1 amide bonds. The highest BCUT2D eigenvalue weighted by atomic mass is 32.1. The Bertz CT molecular complexity index is 990. The summed E-state index contributed by atoms with van der Waals surface area (Å²) in [5, 5.41) is 3.97. The standard InChI is InChI=1S/C22H22N2O2S/c1-13-9-11-17(12-10-13)20(25)18-7-5-6-8-19(18)22(26)24-15(3)21-14(2)23-16(4)27-21/h5-12,15H,1-4H3,(H,24,26)/t15-/m0/s1. The van der Waals surface area contributed by atoms with Crippen molar-refractivity contribution in [1.82, 2.24) is 10.3 Å². The monoisotopic (exact) mass is 378 g/mol. The molecule has 0 radical (unpaired) electrons. The first-order valence-electron chi connectivity index (χ1n) is 8.82. The molecule has 1 atom stereocenters. The van der Waals surface area contributed by atoms with Crippen LogP contribution in [0.25, 0.3) is 0 Å². The number of hydrogen-bond donors (Lipinski definition) is 1. The van der Waals surface area contributed by atoms with E-state index in [9.17, 15) is 9.59 Å². The normalized spacial score (nSPS) is 11.9. The van der Waals surface area contributed by atoms with E-state index < -0.39 is 0 Å². The van der Waals surface area contributed by atoms with Crippen molar-refractivity contribution in [3.63, 3.8) is 0 Å². The van der Waals surface area contributed by atoms with Crippen LogP contribution in [-0.2, 0) is 0 Å². The Morgan fingerprint density at radius 3 is 2.19 bits per heavy atom. The van der Waals surface area contributed by atoms with Crippen molar-refractivity contribution in [2.75, 3.05) is 0 Å². The van der Waals surface area contributed by atoms with Crippen LogP contribution in [0.5, 0.6) is 0 Å². The molecule has 0 unspecified atom stereocenters. The number of ketones is 1. The van der Waals surface area contributed by atoms with Crippen LogP contribution in [0.2, 0.25) is 0 Å². The van der Waals surface area contributed by atoms with Gasteiger partial charge in [-0.2, -0.15) is 0 Å². The maximum absolute atomic E-state index is 12.9. The second-order valence-corrected chi connectivity index (χ2v) is 7.85. The first kappa shape index (κ1) is 19.0. The van der Waals surface area contributed by atoms with Crippen LogP contribution in [0.15, 0.2) is 48.5 Å². The summed E-state index contributed by atoms with van der Waals surface area (Å²) in [5.41, 5.74) is 3.37. The molecule has 4 nitrogen and oxygen atoms in total. The van der Waals surface area contributed by atoms with Gasteiger partial charge >= 0.3 is 0 Å². The molecule has 3 rings (SSSR count). The van der Waals surface area contributed by atoms with Crippen molar-refractivity contribution in [3.8, 4) is 0 Å². The SMILES string of the molecule is Cc1ccc(C(=O)c2ccccc2C(=O)N[C@@H](C)c2sc(C)nc2C)cc1. The van der Waals surface area contributed by atoms with Gasteiger partial charge in [-0.15, -0.1) is 11.3 Å². The second-order valence-electron chi connectivity index (χ2n) is 6.62. The van der Waals surface area contributed by atoms with E-state index in [1.165, 1.54) is 0 Å². The first-order chi connectivity index (χ1) is 12.9. The minimum atomic E-state index is -0.260. The van der Waals surface area contributed by atoms with Gasteiger partial charge in [-0.1, -0.05) is 48.0 Å². The van der Waals surface area contributed by atoms with Gasteiger partial charge in [0, 0.05) is 16.0 Å². The molecule has 5 heteroatoms. The maximum Gasteiger partial charge on any atom is 0.252 e. The number of aryl methyl sites for hydroxylation is 3. The molecule has 3 aromatic rings. The summed E-state index contributed by atoms with van der Waals surface area (Å²) in [6, 6.07) is 14.1. The Morgan fingerprint density at radius 2 is 1.59 bits per heavy atom. The van der Waals surface area contributed by atoms with Crippen LogP contribution >= 0.6 is 11.3 Å². The summed E-state index contributed by atoms with van der Waals surface area (Å²) >= 11 is 1.58. The summed E-state index contributed by atoms with van der Waals surface area (Å²) in [5.74, 6) is -0.415. The van der Waals surface area contributed by atoms with Crippen molar-refractivity contribution >= 4 is 23.0 Å². The van der Waals surface area contributed by atoms with Crippen LogP contribution in [0.1, 0.15) is 60.4 Å². The minimum Gasteiger partial charge on any atom is -0.345 e. The highest BCUT2D eigenvalue weighted by Gasteiger charge is 2.21.